The molecule has 0 spiro atoms. The molecule has 0 amide bonds. The number of fused-ring (bicyclic) bond motifs is 4. The first-order valence-electron chi connectivity index (χ1n) is 17.9. The van der Waals surface area contributed by atoms with Crippen molar-refractivity contribution in [1.82, 2.24) is 4.57 Å². The van der Waals surface area contributed by atoms with Crippen molar-refractivity contribution in [2.24, 2.45) is 5.41 Å². The molecule has 7 rings (SSSR count). The van der Waals surface area contributed by atoms with E-state index < -0.39 is 0 Å². The summed E-state index contributed by atoms with van der Waals surface area (Å²) in [5.41, 5.74) is 12.9. The number of hydrogen-bond donors (Lipinski definition) is 0. The van der Waals surface area contributed by atoms with Crippen molar-refractivity contribution >= 4 is 22.4 Å². The van der Waals surface area contributed by atoms with Gasteiger partial charge in [0.1, 0.15) is 5.54 Å². The third-order valence-electron chi connectivity index (χ3n) is 13.8. The van der Waals surface area contributed by atoms with Crippen LogP contribution in [0.5, 0.6) is 0 Å². The topological polar surface area (TPSA) is 12.1 Å². The lowest BCUT2D eigenvalue weighted by atomic mass is 9.59. The SMILES string of the molecule is CCCCc1cccc(N2c3cccc4c3-c3n(c5cc6c(cc5[n+]3C2(C)C)C(C)(C)C(C)(C)C6(C)C)C(CC)(CC)CC4)c1. The third kappa shape index (κ3) is 3.73. The van der Waals surface area contributed by atoms with Crippen LogP contribution in [0.15, 0.2) is 54.6 Å². The average molecular weight is 603 g/mol. The number of imidazole rings is 1. The van der Waals surface area contributed by atoms with Crippen molar-refractivity contribution in [2.45, 2.75) is 143 Å². The van der Waals surface area contributed by atoms with Gasteiger partial charge in [-0.15, -0.1) is 0 Å². The highest BCUT2D eigenvalue weighted by Crippen LogP contribution is 2.62. The van der Waals surface area contributed by atoms with Gasteiger partial charge >= 0.3 is 0 Å². The molecule has 1 aromatic heterocycles. The van der Waals surface area contributed by atoms with Gasteiger partial charge in [-0.05, 0) is 121 Å². The maximum Gasteiger partial charge on any atom is 0.294 e. The van der Waals surface area contributed by atoms with Crippen LogP contribution in [0.3, 0.4) is 0 Å². The Kier molecular flexibility index (Phi) is 6.61. The van der Waals surface area contributed by atoms with Gasteiger partial charge in [-0.3, -0.25) is 4.90 Å². The van der Waals surface area contributed by atoms with E-state index >= 15 is 0 Å². The zero-order valence-corrected chi connectivity index (χ0v) is 30.0. The van der Waals surface area contributed by atoms with E-state index in [-0.39, 0.29) is 27.4 Å². The van der Waals surface area contributed by atoms with Gasteiger partial charge in [0, 0.05) is 5.69 Å². The Bertz CT molecular complexity index is 1820. The van der Waals surface area contributed by atoms with Gasteiger partial charge in [0.25, 0.3) is 5.82 Å². The molecule has 3 heterocycles. The molecule has 0 saturated heterocycles. The van der Waals surface area contributed by atoms with Crippen molar-refractivity contribution < 1.29 is 4.57 Å². The molecule has 0 atom stereocenters. The van der Waals surface area contributed by atoms with Crippen LogP contribution in [0, 0.1) is 5.41 Å². The Morgan fingerprint density at radius 1 is 0.778 bits per heavy atom. The van der Waals surface area contributed by atoms with E-state index in [1.165, 1.54) is 68.9 Å². The highest BCUT2D eigenvalue weighted by atomic mass is 15.4. The minimum atomic E-state index is -0.326. The predicted molar refractivity (Wildman–Crippen MR) is 191 cm³/mol. The van der Waals surface area contributed by atoms with Crippen molar-refractivity contribution in [3.63, 3.8) is 0 Å². The highest BCUT2D eigenvalue weighted by molar-refractivity contribution is 5.89. The van der Waals surface area contributed by atoms with Gasteiger partial charge < -0.3 is 0 Å². The van der Waals surface area contributed by atoms with Crippen LogP contribution >= 0.6 is 0 Å². The molecule has 0 saturated carbocycles. The second-order valence-corrected chi connectivity index (χ2v) is 16.6. The van der Waals surface area contributed by atoms with E-state index in [9.17, 15) is 0 Å². The summed E-state index contributed by atoms with van der Waals surface area (Å²) < 4.78 is 5.61. The fourth-order valence-electron chi connectivity index (χ4n) is 9.73. The molecule has 45 heavy (non-hydrogen) atoms. The summed E-state index contributed by atoms with van der Waals surface area (Å²) in [7, 11) is 0. The number of aromatic nitrogens is 2. The third-order valence-corrected chi connectivity index (χ3v) is 13.8. The molecule has 3 aromatic carbocycles. The minimum Gasteiger partial charge on any atom is -0.299 e. The van der Waals surface area contributed by atoms with Crippen LogP contribution in [0.2, 0.25) is 0 Å². The lowest BCUT2D eigenvalue weighted by molar-refractivity contribution is -0.724. The fourth-order valence-corrected chi connectivity index (χ4v) is 9.73. The summed E-state index contributed by atoms with van der Waals surface area (Å²) >= 11 is 0. The number of rotatable bonds is 6. The van der Waals surface area contributed by atoms with E-state index in [4.69, 9.17) is 0 Å². The minimum absolute atomic E-state index is 0.0500. The molecule has 3 aliphatic rings. The molecular formula is C42H56N3+. The number of benzene rings is 3. The average Bonchev–Trinajstić information content (AvgIpc) is 3.32. The van der Waals surface area contributed by atoms with Crippen LogP contribution in [0.4, 0.5) is 11.4 Å². The Hall–Kier alpha value is -3.07. The predicted octanol–water partition coefficient (Wildman–Crippen LogP) is 10.8. The number of nitrogens with zero attached hydrogens (tertiary/aromatic N) is 3. The first-order chi connectivity index (χ1) is 21.2. The summed E-state index contributed by atoms with van der Waals surface area (Å²) in [4.78, 5) is 2.66. The van der Waals surface area contributed by atoms with Crippen molar-refractivity contribution in [3.8, 4) is 11.4 Å². The molecule has 1 aliphatic carbocycles. The molecule has 2 aliphatic heterocycles. The Balaban J connectivity index is 1.63. The van der Waals surface area contributed by atoms with E-state index in [0.717, 1.165) is 32.1 Å². The van der Waals surface area contributed by atoms with E-state index in [1.807, 2.05) is 0 Å². The highest BCUT2D eigenvalue weighted by Gasteiger charge is 2.59. The first kappa shape index (κ1) is 30.6. The molecule has 0 unspecified atom stereocenters. The zero-order chi connectivity index (χ0) is 32.3. The molecule has 0 fully saturated rings. The lowest BCUT2D eigenvalue weighted by Crippen LogP contribution is -2.64. The van der Waals surface area contributed by atoms with E-state index in [1.54, 1.807) is 0 Å². The first-order valence-corrected chi connectivity index (χ1v) is 17.9. The monoisotopic (exact) mass is 602 g/mol. The number of aryl methyl sites for hydroxylation is 2. The number of hydrogen-bond acceptors (Lipinski definition) is 1. The quantitative estimate of drug-likeness (QED) is 0.200. The van der Waals surface area contributed by atoms with Crippen molar-refractivity contribution in [2.75, 3.05) is 4.90 Å². The normalized spacial score (nSPS) is 21.0. The van der Waals surface area contributed by atoms with Gasteiger partial charge in [-0.2, -0.15) is 4.57 Å². The summed E-state index contributed by atoms with van der Waals surface area (Å²) in [5.74, 6) is 1.42. The van der Waals surface area contributed by atoms with Gasteiger partial charge in [0.05, 0.1) is 11.3 Å². The molecule has 4 aromatic rings. The Morgan fingerprint density at radius 3 is 2.11 bits per heavy atom. The standard InChI is InChI=1S/C42H56N3/c1-12-15-18-28-19-16-21-30(25-28)43-33-22-17-20-29-23-24-42(13-2,14-3)45-35-27-32-31(38(4,5)40(8,9)39(32,6)7)26-34(35)44(41(43,10)11)37(45)36(29)33/h16-17,19-22,25-27H,12-15,18,23-24H2,1-11H3/q+1. The Morgan fingerprint density at radius 2 is 1.44 bits per heavy atom. The summed E-state index contributed by atoms with van der Waals surface area (Å²) in [6, 6.07) is 21.8. The van der Waals surface area contributed by atoms with Crippen LogP contribution < -0.4 is 9.47 Å². The van der Waals surface area contributed by atoms with Crippen molar-refractivity contribution in [3.05, 3.63) is 76.9 Å². The van der Waals surface area contributed by atoms with Crippen LogP contribution in [0.1, 0.15) is 131 Å². The zero-order valence-electron chi connectivity index (χ0n) is 30.0. The summed E-state index contributed by atoms with van der Waals surface area (Å²) in [6.45, 7) is 27.0. The van der Waals surface area contributed by atoms with Crippen LogP contribution in [-0.4, -0.2) is 4.57 Å². The van der Waals surface area contributed by atoms with Crippen molar-refractivity contribution in [1.29, 1.82) is 0 Å². The summed E-state index contributed by atoms with van der Waals surface area (Å²) in [6.07, 6.45) is 8.10. The van der Waals surface area contributed by atoms with Gasteiger partial charge in [-0.25, -0.2) is 4.57 Å². The maximum absolute atomic E-state index is 2.85. The fraction of sp³-hybridized carbons (Fsp3) is 0.548. The van der Waals surface area contributed by atoms with Gasteiger partial charge in [0.2, 0.25) is 0 Å². The lowest BCUT2D eigenvalue weighted by Gasteiger charge is -2.44. The summed E-state index contributed by atoms with van der Waals surface area (Å²) in [5, 5.41) is 0. The van der Waals surface area contributed by atoms with Crippen LogP contribution in [0.25, 0.3) is 22.4 Å². The molecule has 3 nitrogen and oxygen atoms in total. The number of anilines is 2. The second kappa shape index (κ2) is 9.72. The van der Waals surface area contributed by atoms with E-state index in [2.05, 4.69) is 145 Å². The number of unbranched alkanes of at least 4 members (excludes halogenated alkanes) is 1. The van der Waals surface area contributed by atoms with Gasteiger partial charge in [0.15, 0.2) is 16.7 Å². The molecule has 0 bridgehead atoms. The smallest absolute Gasteiger partial charge is 0.294 e. The molecular weight excluding hydrogens is 546 g/mol. The Labute approximate surface area is 272 Å². The second-order valence-electron chi connectivity index (χ2n) is 16.6. The largest absolute Gasteiger partial charge is 0.299 e. The van der Waals surface area contributed by atoms with E-state index in [0.29, 0.717) is 0 Å². The molecule has 3 heteroatoms. The maximum atomic E-state index is 2.85. The van der Waals surface area contributed by atoms with Gasteiger partial charge in [-0.1, -0.05) is 93.0 Å². The molecule has 0 radical (unpaired) electrons. The molecule has 238 valence electrons. The van der Waals surface area contributed by atoms with Crippen LogP contribution in [-0.2, 0) is 34.9 Å². The molecule has 0 N–H and O–H groups in total.